The zero-order valence-electron chi connectivity index (χ0n) is 21.4. The third-order valence-corrected chi connectivity index (χ3v) is 6.90. The van der Waals surface area contributed by atoms with Gasteiger partial charge in [-0.3, -0.25) is 4.79 Å². The number of carbonyl (C=O) groups is 1. The highest BCUT2D eigenvalue weighted by Gasteiger charge is 2.40. The van der Waals surface area contributed by atoms with Gasteiger partial charge in [0.2, 0.25) is 0 Å². The number of esters is 1. The van der Waals surface area contributed by atoms with Gasteiger partial charge in [0.1, 0.15) is 11.4 Å². The summed E-state index contributed by atoms with van der Waals surface area (Å²) in [5.74, 6) is 8.02. The first-order valence-corrected chi connectivity index (χ1v) is 12.3. The second-order valence-corrected chi connectivity index (χ2v) is 11.1. The number of carbonyl (C=O) groups excluding carboxylic acids is 1. The minimum atomic E-state index is -0.287. The summed E-state index contributed by atoms with van der Waals surface area (Å²) in [7, 11) is 1.42. The highest BCUT2D eigenvalue weighted by atomic mass is 16.5. The lowest BCUT2D eigenvalue weighted by atomic mass is 9.72. The lowest BCUT2D eigenvalue weighted by Crippen LogP contribution is -2.42. The molecule has 1 N–H and O–H groups in total. The number of fused-ring (bicyclic) bond motifs is 1. The van der Waals surface area contributed by atoms with Crippen molar-refractivity contribution in [1.29, 1.82) is 0 Å². The Hall–Kier alpha value is -2.77. The number of rotatable bonds is 6. The molecule has 0 spiro atoms. The molecule has 34 heavy (non-hydrogen) atoms. The van der Waals surface area contributed by atoms with Crippen LogP contribution >= 0.6 is 0 Å². The zero-order chi connectivity index (χ0) is 24.5. The van der Waals surface area contributed by atoms with Crippen molar-refractivity contribution < 1.29 is 14.3 Å². The van der Waals surface area contributed by atoms with Gasteiger partial charge in [-0.25, -0.2) is 0 Å². The van der Waals surface area contributed by atoms with Crippen molar-refractivity contribution in [3.05, 3.63) is 64.2 Å². The summed E-state index contributed by atoms with van der Waals surface area (Å²) in [6.07, 6.45) is 3.63. The van der Waals surface area contributed by atoms with Gasteiger partial charge >= 0.3 is 5.97 Å². The Labute approximate surface area is 204 Å². The van der Waals surface area contributed by atoms with Crippen molar-refractivity contribution in [2.75, 3.05) is 13.7 Å². The van der Waals surface area contributed by atoms with Gasteiger partial charge in [0.05, 0.1) is 13.0 Å². The molecule has 0 bridgehead atoms. The van der Waals surface area contributed by atoms with E-state index in [0.717, 1.165) is 47.9 Å². The van der Waals surface area contributed by atoms with E-state index < -0.39 is 0 Å². The molecule has 1 aliphatic heterocycles. The van der Waals surface area contributed by atoms with E-state index in [9.17, 15) is 4.79 Å². The molecule has 2 aromatic rings. The largest absolute Gasteiger partial charge is 0.487 e. The lowest BCUT2D eigenvalue weighted by molar-refractivity contribution is -0.141. The molecule has 1 fully saturated rings. The Balaban J connectivity index is 1.62. The maximum absolute atomic E-state index is 11.8. The number of methoxy groups -OCH3 is 1. The van der Waals surface area contributed by atoms with Gasteiger partial charge in [-0.05, 0) is 87.7 Å². The average Bonchev–Trinajstić information content (AvgIpc) is 3.61. The van der Waals surface area contributed by atoms with E-state index in [0.29, 0.717) is 0 Å². The van der Waals surface area contributed by atoms with E-state index >= 15 is 0 Å². The Kier molecular flexibility index (Phi) is 6.78. The Bertz CT molecular complexity index is 1110. The predicted molar refractivity (Wildman–Crippen MR) is 136 cm³/mol. The molecule has 0 aromatic heterocycles. The molecule has 1 unspecified atom stereocenters. The molecule has 4 nitrogen and oxygen atoms in total. The van der Waals surface area contributed by atoms with Crippen LogP contribution in [0.2, 0.25) is 0 Å². The number of hydrogen-bond donors (Lipinski definition) is 1. The molecule has 1 heterocycles. The van der Waals surface area contributed by atoms with Crippen LogP contribution in [0, 0.1) is 17.8 Å². The Morgan fingerprint density at radius 2 is 1.79 bits per heavy atom. The summed E-state index contributed by atoms with van der Waals surface area (Å²) in [6, 6.07) is 12.2. The molecule has 2 aliphatic rings. The van der Waals surface area contributed by atoms with Crippen LogP contribution in [0.3, 0.4) is 0 Å². The van der Waals surface area contributed by atoms with Crippen LogP contribution in [-0.4, -0.2) is 25.2 Å². The van der Waals surface area contributed by atoms with Crippen LogP contribution in [0.25, 0.3) is 0 Å². The van der Waals surface area contributed by atoms with Crippen molar-refractivity contribution in [3.63, 3.8) is 0 Å². The van der Waals surface area contributed by atoms with Crippen molar-refractivity contribution in [1.82, 2.24) is 5.32 Å². The smallest absolute Gasteiger partial charge is 0.312 e. The fraction of sp³-hybridized carbons (Fsp3) is 0.500. The Morgan fingerprint density at radius 3 is 2.44 bits per heavy atom. The maximum atomic E-state index is 11.8. The van der Waals surface area contributed by atoms with E-state index in [2.05, 4.69) is 57.0 Å². The molecule has 4 heteroatoms. The molecule has 0 saturated heterocycles. The van der Waals surface area contributed by atoms with E-state index in [4.69, 9.17) is 9.47 Å². The first-order valence-electron chi connectivity index (χ1n) is 12.3. The maximum Gasteiger partial charge on any atom is 0.312 e. The second-order valence-electron chi connectivity index (χ2n) is 11.1. The number of benzene rings is 2. The molecule has 1 aliphatic carbocycles. The van der Waals surface area contributed by atoms with E-state index in [-0.39, 0.29) is 22.9 Å². The predicted octanol–water partition coefficient (Wildman–Crippen LogP) is 5.70. The minimum Gasteiger partial charge on any atom is -0.487 e. The molecule has 2 aromatic carbocycles. The molecule has 0 amide bonds. The van der Waals surface area contributed by atoms with Crippen molar-refractivity contribution in [2.45, 2.75) is 77.4 Å². The molecular weight excluding hydrogens is 422 g/mol. The van der Waals surface area contributed by atoms with Gasteiger partial charge in [0.15, 0.2) is 0 Å². The molecule has 1 atom stereocenters. The van der Waals surface area contributed by atoms with Crippen molar-refractivity contribution in [2.24, 2.45) is 5.92 Å². The Morgan fingerprint density at radius 1 is 1.12 bits per heavy atom. The summed E-state index contributed by atoms with van der Waals surface area (Å²) in [5, 5.41) is 3.63. The third kappa shape index (κ3) is 5.65. The van der Waals surface area contributed by atoms with Crippen molar-refractivity contribution in [3.8, 4) is 17.6 Å². The standard InChI is InChI=1S/C30H37NO3/c1-20(28(32)33-6)24-13-11-21(12-14-24)7-10-23-15-25(18-31-17-22-8-9-22)27-26(16-23)29(2,3)19-30(4,5)34-27/h11-16,20,22,31H,8-9,17-19H2,1-6H3. The van der Waals surface area contributed by atoms with E-state index in [1.165, 1.54) is 31.1 Å². The third-order valence-electron chi connectivity index (χ3n) is 6.90. The average molecular weight is 460 g/mol. The topological polar surface area (TPSA) is 47.6 Å². The zero-order valence-corrected chi connectivity index (χ0v) is 21.4. The monoisotopic (exact) mass is 459 g/mol. The van der Waals surface area contributed by atoms with Crippen LogP contribution in [0.15, 0.2) is 36.4 Å². The van der Waals surface area contributed by atoms with E-state index in [1.807, 2.05) is 31.2 Å². The first-order chi connectivity index (χ1) is 16.1. The van der Waals surface area contributed by atoms with Gasteiger partial charge in [-0.1, -0.05) is 37.8 Å². The quantitative estimate of drug-likeness (QED) is 0.445. The van der Waals surface area contributed by atoms with Gasteiger partial charge in [0.25, 0.3) is 0 Å². The summed E-state index contributed by atoms with van der Waals surface area (Å²) < 4.78 is 11.4. The number of nitrogens with one attached hydrogen (secondary N) is 1. The molecule has 180 valence electrons. The molecule has 4 rings (SSSR count). The van der Waals surface area contributed by atoms with Gasteiger partial charge in [0, 0.05) is 28.8 Å². The molecular formula is C30H37NO3. The van der Waals surface area contributed by atoms with Crippen LogP contribution in [-0.2, 0) is 21.5 Å². The van der Waals surface area contributed by atoms with Crippen LogP contribution in [0.5, 0.6) is 5.75 Å². The number of hydrogen-bond acceptors (Lipinski definition) is 4. The summed E-state index contributed by atoms with van der Waals surface area (Å²) in [6.45, 7) is 12.7. The van der Waals surface area contributed by atoms with Crippen LogP contribution in [0.4, 0.5) is 0 Å². The van der Waals surface area contributed by atoms with Crippen LogP contribution in [0.1, 0.15) is 87.6 Å². The van der Waals surface area contributed by atoms with E-state index in [1.54, 1.807) is 0 Å². The van der Waals surface area contributed by atoms with Crippen LogP contribution < -0.4 is 10.1 Å². The fourth-order valence-electron chi connectivity index (χ4n) is 5.03. The molecule has 1 saturated carbocycles. The molecule has 0 radical (unpaired) electrons. The second kappa shape index (κ2) is 9.47. The SMILES string of the molecule is COC(=O)C(C)c1ccc(C#Cc2cc(CNCC3CC3)c3c(c2)C(C)(C)CC(C)(C)O3)cc1. The highest BCUT2D eigenvalue weighted by Crippen LogP contribution is 2.46. The highest BCUT2D eigenvalue weighted by molar-refractivity contribution is 5.77. The first kappa shape index (κ1) is 24.4. The summed E-state index contributed by atoms with van der Waals surface area (Å²) in [5.41, 5.74) is 5.09. The minimum absolute atomic E-state index is 0.00564. The van der Waals surface area contributed by atoms with Gasteiger partial charge in [-0.2, -0.15) is 0 Å². The van der Waals surface area contributed by atoms with Gasteiger partial charge < -0.3 is 14.8 Å². The van der Waals surface area contributed by atoms with Crippen molar-refractivity contribution >= 4 is 5.97 Å². The lowest BCUT2D eigenvalue weighted by Gasteiger charge is -2.43. The normalized spacial score (nSPS) is 18.6. The van der Waals surface area contributed by atoms with Gasteiger partial charge in [-0.15, -0.1) is 0 Å². The number of ether oxygens (including phenoxy) is 2. The summed E-state index contributed by atoms with van der Waals surface area (Å²) >= 11 is 0. The fourth-order valence-corrected chi connectivity index (χ4v) is 5.03. The summed E-state index contributed by atoms with van der Waals surface area (Å²) in [4.78, 5) is 11.8.